The van der Waals surface area contributed by atoms with Crippen molar-refractivity contribution in [3.05, 3.63) is 47.2 Å². The van der Waals surface area contributed by atoms with Gasteiger partial charge < -0.3 is 15.4 Å². The van der Waals surface area contributed by atoms with Crippen LogP contribution < -0.4 is 10.6 Å². The molecule has 144 valence electrons. The van der Waals surface area contributed by atoms with E-state index in [1.165, 1.54) is 13.0 Å². The molecule has 0 fully saturated rings. The number of ether oxygens (including phenoxy) is 1. The molecule has 3 N–H and O–H groups in total. The molecule has 1 heterocycles. The molecule has 2 rings (SSSR count). The highest BCUT2D eigenvalue weighted by Gasteiger charge is 2.18. The standard InChI is InChI=1S/C17H18F2N4O4/c1-3-27-17(26)13-8-14(23-22-13)21-16(25)9(2)20-15(24)6-10-4-11(18)7-12(19)5-10/h4-5,7-9H,3,6H2,1-2H3,(H,20,24)(H2,21,22,23,25). The summed E-state index contributed by atoms with van der Waals surface area (Å²) in [4.78, 5) is 35.6. The second-order valence-corrected chi connectivity index (χ2v) is 5.62. The molecule has 0 spiro atoms. The molecule has 8 nitrogen and oxygen atoms in total. The van der Waals surface area contributed by atoms with E-state index >= 15 is 0 Å². The van der Waals surface area contributed by atoms with Crippen LogP contribution in [0.3, 0.4) is 0 Å². The summed E-state index contributed by atoms with van der Waals surface area (Å²) in [5, 5.41) is 11.0. The molecule has 0 saturated heterocycles. The molecule has 0 radical (unpaired) electrons. The molecular formula is C17H18F2N4O4. The molecule has 1 unspecified atom stereocenters. The first-order valence-electron chi connectivity index (χ1n) is 8.06. The Morgan fingerprint density at radius 2 is 1.85 bits per heavy atom. The number of nitrogens with zero attached hydrogens (tertiary/aromatic N) is 1. The Bertz CT molecular complexity index is 833. The minimum Gasteiger partial charge on any atom is -0.461 e. The number of anilines is 1. The van der Waals surface area contributed by atoms with E-state index in [9.17, 15) is 23.2 Å². The average molecular weight is 380 g/mol. The molecule has 2 aromatic rings. The van der Waals surface area contributed by atoms with Gasteiger partial charge >= 0.3 is 5.97 Å². The number of hydrogen-bond acceptors (Lipinski definition) is 5. The van der Waals surface area contributed by atoms with E-state index in [1.807, 2.05) is 0 Å². The van der Waals surface area contributed by atoms with Crippen LogP contribution in [0.4, 0.5) is 14.6 Å². The first-order chi connectivity index (χ1) is 12.8. The molecule has 0 aliphatic heterocycles. The van der Waals surface area contributed by atoms with Gasteiger partial charge in [-0.2, -0.15) is 5.10 Å². The SMILES string of the molecule is CCOC(=O)c1cc(NC(=O)C(C)NC(=O)Cc2cc(F)cc(F)c2)n[nH]1. The summed E-state index contributed by atoms with van der Waals surface area (Å²) in [6, 6.07) is 3.12. The Kier molecular flexibility index (Phi) is 6.58. The predicted molar refractivity (Wildman–Crippen MR) is 90.8 cm³/mol. The number of halogens is 2. The van der Waals surface area contributed by atoms with Crippen LogP contribution in [-0.2, 0) is 20.7 Å². The lowest BCUT2D eigenvalue weighted by atomic mass is 10.1. The first kappa shape index (κ1) is 20.0. The maximum Gasteiger partial charge on any atom is 0.356 e. The summed E-state index contributed by atoms with van der Waals surface area (Å²) in [6.07, 6.45) is -0.290. The highest BCUT2D eigenvalue weighted by Crippen LogP contribution is 2.09. The molecular weight excluding hydrogens is 362 g/mol. The van der Waals surface area contributed by atoms with Crippen LogP contribution in [0.1, 0.15) is 29.9 Å². The number of aromatic amines is 1. The normalized spacial score (nSPS) is 11.6. The largest absolute Gasteiger partial charge is 0.461 e. The van der Waals surface area contributed by atoms with Crippen molar-refractivity contribution in [2.45, 2.75) is 26.3 Å². The van der Waals surface area contributed by atoms with Gasteiger partial charge in [-0.05, 0) is 31.5 Å². The zero-order valence-corrected chi connectivity index (χ0v) is 14.6. The second kappa shape index (κ2) is 8.88. The third kappa shape index (κ3) is 5.87. The van der Waals surface area contributed by atoms with Crippen LogP contribution in [0, 0.1) is 11.6 Å². The summed E-state index contributed by atoms with van der Waals surface area (Å²) in [5.74, 6) is -3.29. The van der Waals surface area contributed by atoms with Gasteiger partial charge in [0, 0.05) is 12.1 Å². The number of H-pyrrole nitrogens is 1. The number of aromatic nitrogens is 2. The Labute approximate surface area is 153 Å². The number of carbonyl (C=O) groups excluding carboxylic acids is 3. The van der Waals surface area contributed by atoms with Gasteiger partial charge in [-0.15, -0.1) is 0 Å². The van der Waals surface area contributed by atoms with E-state index in [-0.39, 0.29) is 30.1 Å². The molecule has 1 aromatic carbocycles. The van der Waals surface area contributed by atoms with Crippen LogP contribution in [-0.4, -0.2) is 40.6 Å². The van der Waals surface area contributed by atoms with Crippen molar-refractivity contribution in [3.63, 3.8) is 0 Å². The number of benzene rings is 1. The molecule has 1 aromatic heterocycles. The Morgan fingerprint density at radius 3 is 2.48 bits per heavy atom. The molecule has 0 saturated carbocycles. The van der Waals surface area contributed by atoms with E-state index in [1.54, 1.807) is 6.92 Å². The number of amides is 2. The van der Waals surface area contributed by atoms with E-state index < -0.39 is 35.5 Å². The lowest BCUT2D eigenvalue weighted by molar-refractivity contribution is -0.125. The predicted octanol–water partition coefficient (Wildman–Crippen LogP) is 1.55. The highest BCUT2D eigenvalue weighted by molar-refractivity contribution is 5.97. The fourth-order valence-corrected chi connectivity index (χ4v) is 2.19. The van der Waals surface area contributed by atoms with Crippen LogP contribution in [0.2, 0.25) is 0 Å². The van der Waals surface area contributed by atoms with E-state index in [4.69, 9.17) is 4.74 Å². The second-order valence-electron chi connectivity index (χ2n) is 5.62. The maximum absolute atomic E-state index is 13.1. The van der Waals surface area contributed by atoms with Crippen molar-refractivity contribution in [3.8, 4) is 0 Å². The van der Waals surface area contributed by atoms with Crippen molar-refractivity contribution in [2.75, 3.05) is 11.9 Å². The molecule has 2 amide bonds. The van der Waals surface area contributed by atoms with Gasteiger partial charge in [0.05, 0.1) is 13.0 Å². The van der Waals surface area contributed by atoms with E-state index in [2.05, 4.69) is 20.8 Å². The zero-order valence-electron chi connectivity index (χ0n) is 14.6. The van der Waals surface area contributed by atoms with E-state index in [0.29, 0.717) is 6.07 Å². The van der Waals surface area contributed by atoms with Gasteiger partial charge in [-0.1, -0.05) is 0 Å². The number of hydrogen-bond donors (Lipinski definition) is 3. The molecule has 0 aliphatic rings. The number of esters is 1. The zero-order chi connectivity index (χ0) is 20.0. The molecule has 27 heavy (non-hydrogen) atoms. The van der Waals surface area contributed by atoms with Gasteiger partial charge in [-0.3, -0.25) is 14.7 Å². The summed E-state index contributed by atoms with van der Waals surface area (Å²) < 4.78 is 31.1. The quantitative estimate of drug-likeness (QED) is 0.631. The van der Waals surface area contributed by atoms with Crippen molar-refractivity contribution in [1.29, 1.82) is 0 Å². The highest BCUT2D eigenvalue weighted by atomic mass is 19.1. The van der Waals surface area contributed by atoms with Crippen LogP contribution in [0.25, 0.3) is 0 Å². The summed E-state index contributed by atoms with van der Waals surface area (Å²) in [6.45, 7) is 3.27. The first-order valence-corrected chi connectivity index (χ1v) is 8.06. The Morgan fingerprint density at radius 1 is 1.19 bits per heavy atom. The lowest BCUT2D eigenvalue weighted by Crippen LogP contribution is -2.42. The van der Waals surface area contributed by atoms with Gasteiger partial charge in [0.15, 0.2) is 5.82 Å². The van der Waals surface area contributed by atoms with E-state index in [0.717, 1.165) is 12.1 Å². The summed E-state index contributed by atoms with van der Waals surface area (Å²) in [5.41, 5.74) is 0.209. The maximum atomic E-state index is 13.1. The molecule has 10 heteroatoms. The monoisotopic (exact) mass is 380 g/mol. The molecule has 0 aliphatic carbocycles. The average Bonchev–Trinajstić information content (AvgIpc) is 3.02. The molecule has 0 bridgehead atoms. The lowest BCUT2D eigenvalue weighted by Gasteiger charge is -2.13. The fraction of sp³-hybridized carbons (Fsp3) is 0.294. The van der Waals surface area contributed by atoms with Gasteiger partial charge in [0.25, 0.3) is 0 Å². The number of carbonyl (C=O) groups is 3. The smallest absolute Gasteiger partial charge is 0.356 e. The number of nitrogens with one attached hydrogen (secondary N) is 3. The summed E-state index contributed by atoms with van der Waals surface area (Å²) >= 11 is 0. The third-order valence-electron chi connectivity index (χ3n) is 3.38. The van der Waals surface area contributed by atoms with Crippen LogP contribution in [0.15, 0.2) is 24.3 Å². The van der Waals surface area contributed by atoms with Crippen molar-refractivity contribution in [1.82, 2.24) is 15.5 Å². The summed E-state index contributed by atoms with van der Waals surface area (Å²) in [7, 11) is 0. The third-order valence-corrected chi connectivity index (χ3v) is 3.38. The Balaban J connectivity index is 1.89. The minimum atomic E-state index is -0.946. The van der Waals surface area contributed by atoms with Crippen LogP contribution >= 0.6 is 0 Å². The fourth-order valence-electron chi connectivity index (χ4n) is 2.19. The van der Waals surface area contributed by atoms with Crippen molar-refractivity contribution < 1.29 is 27.9 Å². The van der Waals surface area contributed by atoms with Gasteiger partial charge in [0.1, 0.15) is 23.4 Å². The molecule has 1 atom stereocenters. The van der Waals surface area contributed by atoms with Gasteiger partial charge in [-0.25, -0.2) is 13.6 Å². The van der Waals surface area contributed by atoms with Crippen LogP contribution in [0.5, 0.6) is 0 Å². The number of rotatable bonds is 7. The Hall–Kier alpha value is -3.30. The van der Waals surface area contributed by atoms with Gasteiger partial charge in [0.2, 0.25) is 11.8 Å². The van der Waals surface area contributed by atoms with Crippen molar-refractivity contribution >= 4 is 23.6 Å². The topological polar surface area (TPSA) is 113 Å². The van der Waals surface area contributed by atoms with Crippen molar-refractivity contribution in [2.24, 2.45) is 0 Å². The minimum absolute atomic E-state index is 0.0666.